The number of non-ortho nitro benzene ring substituents is 1. The molecule has 0 spiro atoms. The molecule has 0 aliphatic carbocycles. The summed E-state index contributed by atoms with van der Waals surface area (Å²) in [7, 11) is 0. The molecule has 1 fully saturated rings. The van der Waals surface area contributed by atoms with E-state index in [1.54, 1.807) is 18.2 Å². The molecule has 1 aromatic carbocycles. The second-order valence-corrected chi connectivity index (χ2v) is 6.82. The normalized spacial score (nSPS) is 22.8. The molecule has 2 aliphatic rings. The van der Waals surface area contributed by atoms with Crippen molar-refractivity contribution in [2.75, 3.05) is 13.1 Å². The molecule has 1 aromatic heterocycles. The second kappa shape index (κ2) is 5.87. The van der Waals surface area contributed by atoms with E-state index >= 15 is 0 Å². The van der Waals surface area contributed by atoms with Crippen LogP contribution in [0.15, 0.2) is 47.3 Å². The van der Waals surface area contributed by atoms with Crippen molar-refractivity contribution in [3.05, 3.63) is 74.2 Å². The standard InChI is InChI=1S/C18H19N3O3/c22-18-6-2-5-17-15-7-14(11-20(17)18)10-19(12-15)9-13-3-1-4-16(8-13)21(23)24/h1-6,8,14-15H,7,9-12H2/t14-,15-/m1/s1. The Bertz CT molecular complexity index is 845. The highest BCUT2D eigenvalue weighted by Crippen LogP contribution is 2.35. The van der Waals surface area contributed by atoms with E-state index in [0.717, 1.165) is 37.3 Å². The Labute approximate surface area is 139 Å². The SMILES string of the molecule is O=c1cccc2n1C[C@@H]1C[C@@H]2CN(Cc2cccc([N+](=O)[O-])c2)C1. The number of rotatable bonds is 3. The minimum atomic E-state index is -0.350. The molecule has 0 radical (unpaired) electrons. The molecule has 4 rings (SSSR count). The number of likely N-dealkylation sites (tertiary alicyclic amines) is 1. The van der Waals surface area contributed by atoms with E-state index < -0.39 is 0 Å². The van der Waals surface area contributed by atoms with E-state index in [9.17, 15) is 14.9 Å². The van der Waals surface area contributed by atoms with Crippen molar-refractivity contribution in [1.82, 2.24) is 9.47 Å². The van der Waals surface area contributed by atoms with Gasteiger partial charge in [-0.25, -0.2) is 0 Å². The van der Waals surface area contributed by atoms with Gasteiger partial charge >= 0.3 is 0 Å². The Morgan fingerprint density at radius 2 is 1.96 bits per heavy atom. The summed E-state index contributed by atoms with van der Waals surface area (Å²) in [5.74, 6) is 0.833. The number of nitrogens with zero attached hydrogens (tertiary/aromatic N) is 3. The van der Waals surface area contributed by atoms with Crippen molar-refractivity contribution >= 4 is 5.69 Å². The van der Waals surface area contributed by atoms with E-state index in [-0.39, 0.29) is 16.2 Å². The lowest BCUT2D eigenvalue weighted by Crippen LogP contribution is -2.46. The summed E-state index contributed by atoms with van der Waals surface area (Å²) in [6.45, 7) is 3.31. The van der Waals surface area contributed by atoms with Gasteiger partial charge in [0.15, 0.2) is 0 Å². The molecular formula is C18H19N3O3. The van der Waals surface area contributed by atoms with Crippen LogP contribution in [-0.2, 0) is 13.1 Å². The second-order valence-electron chi connectivity index (χ2n) is 6.82. The van der Waals surface area contributed by atoms with E-state index in [1.165, 1.54) is 6.07 Å². The van der Waals surface area contributed by atoms with Crippen LogP contribution in [0.1, 0.15) is 23.6 Å². The molecule has 0 N–H and O–H groups in total. The lowest BCUT2D eigenvalue weighted by Gasteiger charge is -2.42. The minimum absolute atomic E-state index is 0.0920. The molecule has 2 atom stereocenters. The summed E-state index contributed by atoms with van der Waals surface area (Å²) in [6.07, 6.45) is 1.12. The minimum Gasteiger partial charge on any atom is -0.312 e. The van der Waals surface area contributed by atoms with Gasteiger partial charge in [-0.3, -0.25) is 19.8 Å². The number of aromatic nitrogens is 1. The third kappa shape index (κ3) is 2.73. The third-order valence-corrected chi connectivity index (χ3v) is 5.08. The maximum atomic E-state index is 12.1. The molecular weight excluding hydrogens is 306 g/mol. The van der Waals surface area contributed by atoms with Crippen molar-refractivity contribution in [3.8, 4) is 0 Å². The van der Waals surface area contributed by atoms with Crippen LogP contribution < -0.4 is 5.56 Å². The van der Waals surface area contributed by atoms with Gasteiger partial charge in [-0.2, -0.15) is 0 Å². The van der Waals surface area contributed by atoms with Crippen LogP contribution in [0.5, 0.6) is 0 Å². The number of benzene rings is 1. The Kier molecular flexibility index (Phi) is 3.69. The van der Waals surface area contributed by atoms with Gasteiger partial charge in [0, 0.05) is 56.0 Å². The highest BCUT2D eigenvalue weighted by Gasteiger charge is 2.34. The number of nitro groups is 1. The fourth-order valence-corrected chi connectivity index (χ4v) is 4.15. The zero-order valence-electron chi connectivity index (χ0n) is 13.3. The van der Waals surface area contributed by atoms with Gasteiger partial charge in [0.25, 0.3) is 11.2 Å². The molecule has 1 saturated heterocycles. The quantitative estimate of drug-likeness (QED) is 0.642. The Morgan fingerprint density at radius 3 is 2.79 bits per heavy atom. The van der Waals surface area contributed by atoms with Crippen LogP contribution in [0.2, 0.25) is 0 Å². The number of nitro benzene ring substituents is 1. The molecule has 3 heterocycles. The molecule has 0 amide bonds. The average Bonchev–Trinajstić information content (AvgIpc) is 2.56. The summed E-state index contributed by atoms with van der Waals surface area (Å²) < 4.78 is 1.92. The number of hydrogen-bond acceptors (Lipinski definition) is 4. The molecule has 0 unspecified atom stereocenters. The third-order valence-electron chi connectivity index (χ3n) is 5.08. The van der Waals surface area contributed by atoms with Gasteiger partial charge in [0.2, 0.25) is 0 Å². The fourth-order valence-electron chi connectivity index (χ4n) is 4.15. The molecule has 0 saturated carbocycles. The highest BCUT2D eigenvalue weighted by molar-refractivity contribution is 5.34. The van der Waals surface area contributed by atoms with Crippen LogP contribution >= 0.6 is 0 Å². The van der Waals surface area contributed by atoms with E-state index in [1.807, 2.05) is 16.7 Å². The van der Waals surface area contributed by atoms with Crippen LogP contribution in [0.3, 0.4) is 0 Å². The van der Waals surface area contributed by atoms with Crippen molar-refractivity contribution in [2.24, 2.45) is 5.92 Å². The van der Waals surface area contributed by atoms with Crippen molar-refractivity contribution in [3.63, 3.8) is 0 Å². The fraction of sp³-hybridized carbons (Fsp3) is 0.389. The molecule has 2 aliphatic heterocycles. The largest absolute Gasteiger partial charge is 0.312 e. The van der Waals surface area contributed by atoms with Crippen LogP contribution in [-0.4, -0.2) is 27.5 Å². The lowest BCUT2D eigenvalue weighted by molar-refractivity contribution is -0.384. The molecule has 24 heavy (non-hydrogen) atoms. The van der Waals surface area contributed by atoms with Gasteiger partial charge in [-0.15, -0.1) is 0 Å². The number of hydrogen-bond donors (Lipinski definition) is 0. The van der Waals surface area contributed by atoms with Gasteiger partial charge in [-0.1, -0.05) is 18.2 Å². The lowest BCUT2D eigenvalue weighted by atomic mass is 9.83. The van der Waals surface area contributed by atoms with E-state index in [4.69, 9.17) is 0 Å². The molecule has 2 bridgehead atoms. The highest BCUT2D eigenvalue weighted by atomic mass is 16.6. The van der Waals surface area contributed by atoms with Crippen LogP contribution in [0.25, 0.3) is 0 Å². The zero-order chi connectivity index (χ0) is 16.7. The first kappa shape index (κ1) is 15.1. The molecule has 124 valence electrons. The average molecular weight is 325 g/mol. The van der Waals surface area contributed by atoms with Gasteiger partial charge in [0.1, 0.15) is 0 Å². The Hall–Kier alpha value is -2.47. The number of pyridine rings is 1. The van der Waals surface area contributed by atoms with Gasteiger partial charge in [0.05, 0.1) is 4.92 Å². The maximum absolute atomic E-state index is 12.1. The first-order valence-electron chi connectivity index (χ1n) is 8.25. The molecule has 6 heteroatoms. The number of piperidine rings is 1. The molecule has 2 aromatic rings. The summed E-state index contributed by atoms with van der Waals surface area (Å²) in [4.78, 5) is 25.0. The van der Waals surface area contributed by atoms with Gasteiger partial charge in [-0.05, 0) is 24.0 Å². The predicted octanol–water partition coefficient (Wildman–Crippen LogP) is 2.38. The Balaban J connectivity index is 1.55. The summed E-state index contributed by atoms with van der Waals surface area (Å²) in [6, 6.07) is 12.4. The van der Waals surface area contributed by atoms with Crippen molar-refractivity contribution in [2.45, 2.75) is 25.4 Å². The zero-order valence-corrected chi connectivity index (χ0v) is 13.3. The first-order chi connectivity index (χ1) is 11.6. The van der Waals surface area contributed by atoms with Crippen LogP contribution in [0, 0.1) is 16.0 Å². The summed E-state index contributed by atoms with van der Waals surface area (Å²) in [5.41, 5.74) is 2.33. The monoisotopic (exact) mass is 325 g/mol. The number of fused-ring (bicyclic) bond motifs is 4. The van der Waals surface area contributed by atoms with Crippen molar-refractivity contribution in [1.29, 1.82) is 0 Å². The maximum Gasteiger partial charge on any atom is 0.269 e. The topological polar surface area (TPSA) is 68.4 Å². The Morgan fingerprint density at radius 1 is 1.12 bits per heavy atom. The van der Waals surface area contributed by atoms with Crippen LogP contribution in [0.4, 0.5) is 5.69 Å². The summed E-state index contributed by atoms with van der Waals surface area (Å²) in [5, 5.41) is 10.9. The summed E-state index contributed by atoms with van der Waals surface area (Å²) >= 11 is 0. The van der Waals surface area contributed by atoms with Gasteiger partial charge < -0.3 is 4.57 Å². The molecule has 6 nitrogen and oxygen atoms in total. The van der Waals surface area contributed by atoms with Crippen molar-refractivity contribution < 1.29 is 4.92 Å². The smallest absolute Gasteiger partial charge is 0.269 e. The first-order valence-corrected chi connectivity index (χ1v) is 8.25. The predicted molar refractivity (Wildman–Crippen MR) is 89.9 cm³/mol. The van der Waals surface area contributed by atoms with E-state index in [2.05, 4.69) is 11.0 Å². The van der Waals surface area contributed by atoms with E-state index in [0.29, 0.717) is 18.4 Å².